The van der Waals surface area contributed by atoms with E-state index in [1.165, 1.54) is 0 Å². The number of aliphatic hydroxyl groups excluding tert-OH is 1. The SMILES string of the molecule is NC(=O)OCC(O)CC[C@H]1CC[C@H](c2cc(NC(=O)Cc3cc(F)cc(F)c3)n[nH]2)C1. The fourth-order valence-corrected chi connectivity index (χ4v) is 4.00. The molecule has 1 fully saturated rings. The number of amides is 2. The van der Waals surface area contributed by atoms with E-state index in [-0.39, 0.29) is 24.5 Å². The number of anilines is 1. The standard InChI is InChI=1S/C21H26F2N4O4/c22-15-6-13(7-16(23)9-15)8-20(29)25-19-10-18(26-27-19)14-3-1-12(5-14)2-4-17(28)11-31-21(24)30/h6-7,9-10,12,14,17,28H,1-5,8,11H2,(H2,24,30)(H2,25,26,27,29)/t12-,14+,17?/m1/s1. The molecule has 168 valence electrons. The number of nitrogens with two attached hydrogens (primary N) is 1. The molecular formula is C21H26F2N4O4. The summed E-state index contributed by atoms with van der Waals surface area (Å²) in [5.74, 6) is -0.821. The Kier molecular flexibility index (Phi) is 7.56. The largest absolute Gasteiger partial charge is 0.447 e. The maximum Gasteiger partial charge on any atom is 0.404 e. The summed E-state index contributed by atoms with van der Waals surface area (Å²) in [6, 6.07) is 4.76. The van der Waals surface area contributed by atoms with Crippen LogP contribution >= 0.6 is 0 Å². The molecule has 0 spiro atoms. The van der Waals surface area contributed by atoms with Gasteiger partial charge in [0.15, 0.2) is 5.82 Å². The third kappa shape index (κ3) is 7.02. The van der Waals surface area contributed by atoms with Crippen LogP contribution in [0.15, 0.2) is 24.3 Å². The van der Waals surface area contributed by atoms with Crippen molar-refractivity contribution >= 4 is 17.8 Å². The average molecular weight is 436 g/mol. The molecule has 1 aromatic carbocycles. The molecule has 0 radical (unpaired) electrons. The lowest BCUT2D eigenvalue weighted by atomic mass is 9.97. The highest BCUT2D eigenvalue weighted by atomic mass is 19.1. The number of rotatable bonds is 9. The van der Waals surface area contributed by atoms with E-state index in [9.17, 15) is 23.5 Å². The van der Waals surface area contributed by atoms with Gasteiger partial charge in [-0.1, -0.05) is 0 Å². The summed E-state index contributed by atoms with van der Waals surface area (Å²) in [5, 5.41) is 19.5. The van der Waals surface area contributed by atoms with Crippen molar-refractivity contribution in [1.82, 2.24) is 10.2 Å². The Morgan fingerprint density at radius 1 is 1.26 bits per heavy atom. The second kappa shape index (κ2) is 10.3. The number of nitrogens with zero attached hydrogens (tertiary/aromatic N) is 1. The van der Waals surface area contributed by atoms with E-state index in [0.717, 1.165) is 49.6 Å². The van der Waals surface area contributed by atoms with Gasteiger partial charge in [0.05, 0.1) is 12.5 Å². The zero-order valence-electron chi connectivity index (χ0n) is 16.9. The van der Waals surface area contributed by atoms with Gasteiger partial charge in [-0.3, -0.25) is 9.89 Å². The quantitative estimate of drug-likeness (QED) is 0.480. The van der Waals surface area contributed by atoms with E-state index >= 15 is 0 Å². The van der Waals surface area contributed by atoms with E-state index in [4.69, 9.17) is 5.73 Å². The number of nitrogens with one attached hydrogen (secondary N) is 2. The van der Waals surface area contributed by atoms with Crippen LogP contribution in [-0.2, 0) is 16.0 Å². The highest BCUT2D eigenvalue weighted by molar-refractivity contribution is 5.91. The van der Waals surface area contributed by atoms with Crippen molar-refractivity contribution in [2.45, 2.75) is 50.5 Å². The van der Waals surface area contributed by atoms with Crippen LogP contribution < -0.4 is 11.1 Å². The highest BCUT2D eigenvalue weighted by Gasteiger charge is 2.27. The third-order valence-corrected chi connectivity index (χ3v) is 5.46. The number of ether oxygens (including phenoxy) is 1. The molecule has 1 aromatic heterocycles. The zero-order valence-corrected chi connectivity index (χ0v) is 16.9. The molecule has 3 rings (SSSR count). The van der Waals surface area contributed by atoms with E-state index in [1.807, 2.05) is 0 Å². The van der Waals surface area contributed by atoms with Crippen molar-refractivity contribution in [3.63, 3.8) is 0 Å². The number of halogens is 2. The van der Waals surface area contributed by atoms with E-state index in [0.29, 0.717) is 18.2 Å². The van der Waals surface area contributed by atoms with Gasteiger partial charge in [-0.15, -0.1) is 0 Å². The van der Waals surface area contributed by atoms with Crippen molar-refractivity contribution < 1.29 is 28.2 Å². The Bertz CT molecular complexity index is 900. The number of H-pyrrole nitrogens is 1. The molecule has 5 N–H and O–H groups in total. The van der Waals surface area contributed by atoms with Gasteiger partial charge in [0.25, 0.3) is 0 Å². The lowest BCUT2D eigenvalue weighted by molar-refractivity contribution is -0.115. The monoisotopic (exact) mass is 436 g/mol. The van der Waals surface area contributed by atoms with E-state index in [2.05, 4.69) is 20.3 Å². The van der Waals surface area contributed by atoms with Gasteiger partial charge in [0, 0.05) is 23.7 Å². The molecule has 1 aliphatic rings. The van der Waals surface area contributed by atoms with Gasteiger partial charge < -0.3 is 20.9 Å². The Labute approximate surface area is 178 Å². The van der Waals surface area contributed by atoms with Gasteiger partial charge in [0.1, 0.15) is 18.2 Å². The molecule has 1 saturated carbocycles. The van der Waals surface area contributed by atoms with Crippen LogP contribution in [0.4, 0.5) is 19.4 Å². The van der Waals surface area contributed by atoms with Gasteiger partial charge in [0.2, 0.25) is 5.91 Å². The van der Waals surface area contributed by atoms with Crippen LogP contribution in [0.3, 0.4) is 0 Å². The van der Waals surface area contributed by atoms with Gasteiger partial charge in [-0.25, -0.2) is 13.6 Å². The number of aromatic nitrogens is 2. The number of hydrogen-bond acceptors (Lipinski definition) is 5. The number of aliphatic hydroxyl groups is 1. The summed E-state index contributed by atoms with van der Waals surface area (Å²) in [7, 11) is 0. The number of carbonyl (C=O) groups excluding carboxylic acids is 2. The average Bonchev–Trinajstić information content (AvgIpc) is 3.33. The Morgan fingerprint density at radius 2 is 2.00 bits per heavy atom. The number of hydrogen-bond donors (Lipinski definition) is 4. The van der Waals surface area contributed by atoms with Crippen LogP contribution in [0.25, 0.3) is 0 Å². The minimum atomic E-state index is -0.898. The molecule has 31 heavy (non-hydrogen) atoms. The lowest BCUT2D eigenvalue weighted by Gasteiger charge is -2.14. The molecule has 1 unspecified atom stereocenters. The zero-order chi connectivity index (χ0) is 22.4. The number of primary amides is 1. The minimum Gasteiger partial charge on any atom is -0.447 e. The van der Waals surface area contributed by atoms with Crippen molar-refractivity contribution in [2.24, 2.45) is 11.7 Å². The first kappa shape index (κ1) is 22.7. The first-order valence-corrected chi connectivity index (χ1v) is 10.2. The first-order chi connectivity index (χ1) is 14.8. The van der Waals surface area contributed by atoms with Crippen LogP contribution in [0, 0.1) is 17.6 Å². The van der Waals surface area contributed by atoms with E-state index in [1.54, 1.807) is 6.07 Å². The smallest absolute Gasteiger partial charge is 0.404 e. The molecule has 1 heterocycles. The molecule has 8 nitrogen and oxygen atoms in total. The fourth-order valence-electron chi connectivity index (χ4n) is 4.00. The maximum atomic E-state index is 13.3. The summed E-state index contributed by atoms with van der Waals surface area (Å²) in [4.78, 5) is 22.7. The summed E-state index contributed by atoms with van der Waals surface area (Å²) in [6.45, 7) is -0.0998. The number of carbonyl (C=O) groups is 2. The third-order valence-electron chi connectivity index (χ3n) is 5.46. The van der Waals surface area contributed by atoms with Crippen LogP contribution in [-0.4, -0.2) is 40.0 Å². The predicted octanol–water partition coefficient (Wildman–Crippen LogP) is 2.99. The van der Waals surface area contributed by atoms with Crippen molar-refractivity contribution in [3.05, 3.63) is 47.2 Å². The normalized spacial score (nSPS) is 19.2. The summed E-state index contributed by atoms with van der Waals surface area (Å²) < 4.78 is 31.1. The molecule has 0 saturated heterocycles. The number of aromatic amines is 1. The highest BCUT2D eigenvalue weighted by Crippen LogP contribution is 2.40. The first-order valence-electron chi connectivity index (χ1n) is 10.2. The maximum absolute atomic E-state index is 13.3. The lowest BCUT2D eigenvalue weighted by Crippen LogP contribution is -2.22. The van der Waals surface area contributed by atoms with Gasteiger partial charge >= 0.3 is 6.09 Å². The predicted molar refractivity (Wildman–Crippen MR) is 108 cm³/mol. The topological polar surface area (TPSA) is 130 Å². The van der Waals surface area contributed by atoms with E-state index < -0.39 is 29.7 Å². The molecule has 0 bridgehead atoms. The molecule has 2 amide bonds. The number of benzene rings is 1. The molecular weight excluding hydrogens is 410 g/mol. The van der Waals surface area contributed by atoms with Crippen molar-refractivity contribution in [3.8, 4) is 0 Å². The molecule has 10 heteroatoms. The molecule has 0 aliphatic heterocycles. The van der Waals surface area contributed by atoms with Crippen molar-refractivity contribution in [2.75, 3.05) is 11.9 Å². The summed E-state index contributed by atoms with van der Waals surface area (Å²) in [6.07, 6.45) is 2.41. The van der Waals surface area contributed by atoms with Gasteiger partial charge in [-0.2, -0.15) is 5.10 Å². The molecule has 3 atom stereocenters. The minimum absolute atomic E-state index is 0.0998. The fraction of sp³-hybridized carbons (Fsp3) is 0.476. The molecule has 1 aliphatic carbocycles. The Balaban J connectivity index is 1.45. The van der Waals surface area contributed by atoms with Crippen LogP contribution in [0.2, 0.25) is 0 Å². The van der Waals surface area contributed by atoms with Crippen LogP contribution in [0.5, 0.6) is 0 Å². The Morgan fingerprint density at radius 3 is 2.71 bits per heavy atom. The second-order valence-corrected chi connectivity index (χ2v) is 7.95. The van der Waals surface area contributed by atoms with Crippen molar-refractivity contribution in [1.29, 1.82) is 0 Å². The van der Waals surface area contributed by atoms with Gasteiger partial charge in [-0.05, 0) is 55.7 Å². The van der Waals surface area contributed by atoms with Crippen LogP contribution in [0.1, 0.15) is 49.3 Å². The Hall–Kier alpha value is -3.01. The summed E-state index contributed by atoms with van der Waals surface area (Å²) >= 11 is 0. The molecule has 2 aromatic rings. The summed E-state index contributed by atoms with van der Waals surface area (Å²) in [5.41, 5.74) is 6.04. The second-order valence-electron chi connectivity index (χ2n) is 7.95.